The molecule has 3 rings (SSSR count). The quantitative estimate of drug-likeness (QED) is 0.744. The standard InChI is InChI=1S/C12H14ClN7/c1-7-10(13)18-12-15-6-17-20(12)11(7)14-4-9-5-16-19(3)8(9)2/h5-6,14H,4H2,1-3H3. The van der Waals surface area contributed by atoms with Gasteiger partial charge in [0.2, 0.25) is 0 Å². The van der Waals surface area contributed by atoms with Gasteiger partial charge in [-0.1, -0.05) is 11.6 Å². The van der Waals surface area contributed by atoms with Crippen LogP contribution in [0.3, 0.4) is 0 Å². The smallest absolute Gasteiger partial charge is 0.255 e. The number of anilines is 1. The summed E-state index contributed by atoms with van der Waals surface area (Å²) < 4.78 is 3.49. The summed E-state index contributed by atoms with van der Waals surface area (Å²) in [6.07, 6.45) is 3.30. The van der Waals surface area contributed by atoms with Crippen molar-refractivity contribution in [2.24, 2.45) is 7.05 Å². The minimum Gasteiger partial charge on any atom is -0.365 e. The molecule has 0 aliphatic carbocycles. The lowest BCUT2D eigenvalue weighted by molar-refractivity contribution is 0.738. The van der Waals surface area contributed by atoms with Gasteiger partial charge in [0.25, 0.3) is 5.78 Å². The summed E-state index contributed by atoms with van der Waals surface area (Å²) in [5.41, 5.74) is 3.07. The fourth-order valence-corrected chi connectivity index (χ4v) is 2.17. The fraction of sp³-hybridized carbons (Fsp3) is 0.333. The summed E-state index contributed by atoms with van der Waals surface area (Å²) in [5.74, 6) is 1.27. The Balaban J connectivity index is 1.96. The van der Waals surface area contributed by atoms with Crippen LogP contribution in [0.4, 0.5) is 5.82 Å². The number of aromatic nitrogens is 6. The van der Waals surface area contributed by atoms with Crippen LogP contribution < -0.4 is 5.32 Å². The SMILES string of the molecule is Cc1c(Cl)nc2ncnn2c1NCc1cnn(C)c1C. The van der Waals surface area contributed by atoms with Gasteiger partial charge < -0.3 is 5.32 Å². The van der Waals surface area contributed by atoms with Crippen molar-refractivity contribution >= 4 is 23.2 Å². The Labute approximate surface area is 120 Å². The first-order valence-corrected chi connectivity index (χ1v) is 6.53. The summed E-state index contributed by atoms with van der Waals surface area (Å²) in [5, 5.41) is 12.1. The van der Waals surface area contributed by atoms with Crippen molar-refractivity contribution in [1.29, 1.82) is 0 Å². The molecule has 0 fully saturated rings. The van der Waals surface area contributed by atoms with Crippen LogP contribution in [0, 0.1) is 13.8 Å². The molecule has 20 heavy (non-hydrogen) atoms. The van der Waals surface area contributed by atoms with Crippen molar-refractivity contribution in [3.05, 3.63) is 34.5 Å². The first kappa shape index (κ1) is 12.9. The largest absolute Gasteiger partial charge is 0.365 e. The van der Waals surface area contributed by atoms with Crippen LogP contribution in [0.15, 0.2) is 12.5 Å². The average Bonchev–Trinajstić information content (AvgIpc) is 3.00. The third-order valence-corrected chi connectivity index (χ3v) is 3.76. The molecule has 0 atom stereocenters. The molecule has 0 spiro atoms. The summed E-state index contributed by atoms with van der Waals surface area (Å²) in [7, 11) is 1.92. The lowest BCUT2D eigenvalue weighted by atomic mass is 10.2. The first-order chi connectivity index (χ1) is 9.58. The molecule has 0 aliphatic heterocycles. The normalized spacial score (nSPS) is 11.2. The van der Waals surface area contributed by atoms with Crippen LogP contribution in [0.25, 0.3) is 5.78 Å². The molecular formula is C12H14ClN7. The molecule has 3 aromatic rings. The van der Waals surface area contributed by atoms with Crippen LogP contribution in [0.2, 0.25) is 5.15 Å². The Bertz CT molecular complexity index is 774. The number of hydrogen-bond donors (Lipinski definition) is 1. The molecule has 8 heteroatoms. The molecule has 1 N–H and O–H groups in total. The van der Waals surface area contributed by atoms with Crippen LogP contribution in [0.1, 0.15) is 16.8 Å². The zero-order valence-corrected chi connectivity index (χ0v) is 12.2. The van der Waals surface area contributed by atoms with Crippen LogP contribution in [0.5, 0.6) is 0 Å². The lowest BCUT2D eigenvalue weighted by Gasteiger charge is -2.11. The summed E-state index contributed by atoms with van der Waals surface area (Å²) in [6, 6.07) is 0. The molecule has 0 saturated heterocycles. The number of rotatable bonds is 3. The van der Waals surface area contributed by atoms with Crippen LogP contribution >= 0.6 is 11.6 Å². The van der Waals surface area contributed by atoms with Gasteiger partial charge >= 0.3 is 0 Å². The van der Waals surface area contributed by atoms with E-state index in [2.05, 4.69) is 25.5 Å². The maximum Gasteiger partial charge on any atom is 0.255 e. The summed E-state index contributed by atoms with van der Waals surface area (Å²) in [6.45, 7) is 4.56. The minimum atomic E-state index is 0.427. The molecule has 0 bridgehead atoms. The maximum absolute atomic E-state index is 6.12. The van der Waals surface area contributed by atoms with Crippen molar-refractivity contribution in [3.63, 3.8) is 0 Å². The molecule has 3 aromatic heterocycles. The molecule has 104 valence electrons. The highest BCUT2D eigenvalue weighted by molar-refractivity contribution is 6.30. The van der Waals surface area contributed by atoms with Crippen molar-refractivity contribution in [1.82, 2.24) is 29.4 Å². The van der Waals surface area contributed by atoms with E-state index in [4.69, 9.17) is 11.6 Å². The number of fused-ring (bicyclic) bond motifs is 1. The van der Waals surface area contributed by atoms with Crippen LogP contribution in [-0.2, 0) is 13.6 Å². The minimum absolute atomic E-state index is 0.427. The molecule has 7 nitrogen and oxygen atoms in total. The number of nitrogens with zero attached hydrogens (tertiary/aromatic N) is 6. The molecule has 0 unspecified atom stereocenters. The summed E-state index contributed by atoms with van der Waals surface area (Å²) >= 11 is 6.12. The lowest BCUT2D eigenvalue weighted by Crippen LogP contribution is -2.09. The molecular weight excluding hydrogens is 278 g/mol. The van der Waals surface area contributed by atoms with Gasteiger partial charge in [-0.25, -0.2) is 0 Å². The predicted octanol–water partition coefficient (Wildman–Crippen LogP) is 1.74. The zero-order valence-electron chi connectivity index (χ0n) is 11.4. The van der Waals surface area contributed by atoms with Gasteiger partial charge in [-0.15, -0.1) is 0 Å². The topological polar surface area (TPSA) is 72.9 Å². The third-order valence-electron chi connectivity index (χ3n) is 3.39. The highest BCUT2D eigenvalue weighted by atomic mass is 35.5. The predicted molar refractivity (Wildman–Crippen MR) is 75.8 cm³/mol. The second-order valence-electron chi connectivity index (χ2n) is 4.58. The van der Waals surface area contributed by atoms with E-state index in [1.165, 1.54) is 6.33 Å². The van der Waals surface area contributed by atoms with Crippen molar-refractivity contribution in [2.45, 2.75) is 20.4 Å². The summed E-state index contributed by atoms with van der Waals surface area (Å²) in [4.78, 5) is 8.23. The van der Waals surface area contributed by atoms with Gasteiger partial charge in [0.1, 0.15) is 17.3 Å². The van der Waals surface area contributed by atoms with E-state index in [9.17, 15) is 0 Å². The highest BCUT2D eigenvalue weighted by Gasteiger charge is 2.12. The van der Waals surface area contributed by atoms with Gasteiger partial charge in [0.05, 0.1) is 6.20 Å². The average molecular weight is 292 g/mol. The Morgan fingerprint density at radius 3 is 2.80 bits per heavy atom. The molecule has 0 saturated carbocycles. The van der Waals surface area contributed by atoms with E-state index in [0.29, 0.717) is 17.5 Å². The number of aryl methyl sites for hydroxylation is 1. The van der Waals surface area contributed by atoms with Crippen molar-refractivity contribution in [3.8, 4) is 0 Å². The van der Waals surface area contributed by atoms with E-state index >= 15 is 0 Å². The van der Waals surface area contributed by atoms with Gasteiger partial charge in [0.15, 0.2) is 0 Å². The zero-order chi connectivity index (χ0) is 14.3. The number of halogens is 1. The molecule has 0 amide bonds. The first-order valence-electron chi connectivity index (χ1n) is 6.15. The maximum atomic E-state index is 6.12. The monoisotopic (exact) mass is 291 g/mol. The second kappa shape index (κ2) is 4.75. The Kier molecular flexibility index (Phi) is 3.06. The molecule has 0 aliphatic rings. The fourth-order valence-electron chi connectivity index (χ4n) is 2.00. The van der Waals surface area contributed by atoms with E-state index in [1.807, 2.05) is 31.8 Å². The van der Waals surface area contributed by atoms with Gasteiger partial charge in [-0.2, -0.15) is 24.7 Å². The highest BCUT2D eigenvalue weighted by Crippen LogP contribution is 2.22. The van der Waals surface area contributed by atoms with E-state index < -0.39 is 0 Å². The Hall–Kier alpha value is -2.15. The van der Waals surface area contributed by atoms with E-state index in [0.717, 1.165) is 22.6 Å². The molecule has 0 radical (unpaired) electrons. The Morgan fingerprint density at radius 2 is 2.10 bits per heavy atom. The van der Waals surface area contributed by atoms with Crippen molar-refractivity contribution in [2.75, 3.05) is 5.32 Å². The van der Waals surface area contributed by atoms with E-state index in [-0.39, 0.29) is 0 Å². The van der Waals surface area contributed by atoms with Gasteiger partial charge in [0, 0.05) is 30.4 Å². The third kappa shape index (κ3) is 2.00. The van der Waals surface area contributed by atoms with Gasteiger partial charge in [-0.05, 0) is 13.8 Å². The molecule has 3 heterocycles. The van der Waals surface area contributed by atoms with Crippen LogP contribution in [-0.4, -0.2) is 29.4 Å². The molecule has 0 aromatic carbocycles. The van der Waals surface area contributed by atoms with Crippen molar-refractivity contribution < 1.29 is 0 Å². The number of hydrogen-bond acceptors (Lipinski definition) is 5. The second-order valence-corrected chi connectivity index (χ2v) is 4.94. The van der Waals surface area contributed by atoms with E-state index in [1.54, 1.807) is 4.52 Å². The Morgan fingerprint density at radius 1 is 1.30 bits per heavy atom. The van der Waals surface area contributed by atoms with Gasteiger partial charge in [-0.3, -0.25) is 4.68 Å². The number of nitrogens with one attached hydrogen (secondary N) is 1.